The number of rotatable bonds is 6. The van der Waals surface area contributed by atoms with Crippen molar-refractivity contribution in [3.63, 3.8) is 0 Å². The SMILES string of the molecule is CC(C)CC=O.COc1ccc(CCC=O)cc1. The summed E-state index contributed by atoms with van der Waals surface area (Å²) in [7, 11) is 1.64. The van der Waals surface area contributed by atoms with Crippen LogP contribution in [0.2, 0.25) is 0 Å². The van der Waals surface area contributed by atoms with Gasteiger partial charge in [0.2, 0.25) is 0 Å². The van der Waals surface area contributed by atoms with Gasteiger partial charge in [0, 0.05) is 12.8 Å². The van der Waals surface area contributed by atoms with Crippen molar-refractivity contribution in [1.82, 2.24) is 0 Å². The molecule has 0 unspecified atom stereocenters. The Morgan fingerprint density at radius 3 is 2.06 bits per heavy atom. The summed E-state index contributed by atoms with van der Waals surface area (Å²) in [6.07, 6.45) is 3.98. The molecule has 100 valence electrons. The van der Waals surface area contributed by atoms with Crippen molar-refractivity contribution < 1.29 is 14.3 Å². The highest BCUT2D eigenvalue weighted by atomic mass is 16.5. The molecular formula is C15H22O3. The lowest BCUT2D eigenvalue weighted by atomic mass is 10.1. The van der Waals surface area contributed by atoms with Gasteiger partial charge in [0.1, 0.15) is 18.3 Å². The minimum Gasteiger partial charge on any atom is -0.497 e. The van der Waals surface area contributed by atoms with Gasteiger partial charge in [-0.3, -0.25) is 0 Å². The highest BCUT2D eigenvalue weighted by Crippen LogP contribution is 2.11. The van der Waals surface area contributed by atoms with E-state index < -0.39 is 0 Å². The zero-order chi connectivity index (χ0) is 13.8. The van der Waals surface area contributed by atoms with Crippen LogP contribution in [-0.2, 0) is 16.0 Å². The molecule has 0 aromatic heterocycles. The molecule has 1 rings (SSSR count). The van der Waals surface area contributed by atoms with Crippen LogP contribution >= 0.6 is 0 Å². The Labute approximate surface area is 109 Å². The fourth-order valence-electron chi connectivity index (χ4n) is 1.21. The van der Waals surface area contributed by atoms with Crippen molar-refractivity contribution in [3.05, 3.63) is 29.8 Å². The first-order valence-electron chi connectivity index (χ1n) is 6.14. The zero-order valence-electron chi connectivity index (χ0n) is 11.4. The second-order valence-electron chi connectivity index (χ2n) is 4.35. The van der Waals surface area contributed by atoms with Crippen LogP contribution < -0.4 is 4.74 Å². The van der Waals surface area contributed by atoms with Gasteiger partial charge in [-0.1, -0.05) is 26.0 Å². The molecule has 0 N–H and O–H groups in total. The van der Waals surface area contributed by atoms with Crippen molar-refractivity contribution in [2.45, 2.75) is 33.1 Å². The molecule has 3 nitrogen and oxygen atoms in total. The lowest BCUT2D eigenvalue weighted by Gasteiger charge is -2.00. The molecular weight excluding hydrogens is 228 g/mol. The van der Waals surface area contributed by atoms with Gasteiger partial charge in [-0.05, 0) is 30.0 Å². The van der Waals surface area contributed by atoms with Gasteiger partial charge in [-0.2, -0.15) is 0 Å². The molecule has 0 saturated carbocycles. The van der Waals surface area contributed by atoms with Crippen LogP contribution in [-0.4, -0.2) is 19.7 Å². The van der Waals surface area contributed by atoms with E-state index in [2.05, 4.69) is 0 Å². The van der Waals surface area contributed by atoms with E-state index in [1.54, 1.807) is 7.11 Å². The average molecular weight is 250 g/mol. The lowest BCUT2D eigenvalue weighted by Crippen LogP contribution is -1.87. The van der Waals surface area contributed by atoms with E-state index in [0.717, 1.165) is 24.7 Å². The van der Waals surface area contributed by atoms with Gasteiger partial charge < -0.3 is 14.3 Å². The van der Waals surface area contributed by atoms with Gasteiger partial charge in [0.15, 0.2) is 0 Å². The molecule has 0 aliphatic carbocycles. The molecule has 0 saturated heterocycles. The molecule has 18 heavy (non-hydrogen) atoms. The summed E-state index contributed by atoms with van der Waals surface area (Å²) in [5.41, 5.74) is 1.17. The maximum absolute atomic E-state index is 10.1. The monoisotopic (exact) mass is 250 g/mol. The topological polar surface area (TPSA) is 43.4 Å². The smallest absolute Gasteiger partial charge is 0.120 e. The van der Waals surface area contributed by atoms with Gasteiger partial charge in [0.05, 0.1) is 7.11 Å². The predicted molar refractivity (Wildman–Crippen MR) is 72.9 cm³/mol. The molecule has 0 fully saturated rings. The van der Waals surface area contributed by atoms with Crippen LogP contribution in [0.1, 0.15) is 32.3 Å². The molecule has 0 amide bonds. The molecule has 0 spiro atoms. The zero-order valence-corrected chi connectivity index (χ0v) is 11.4. The highest BCUT2D eigenvalue weighted by molar-refractivity contribution is 5.50. The van der Waals surface area contributed by atoms with Gasteiger partial charge in [-0.25, -0.2) is 0 Å². The maximum atomic E-state index is 10.1. The first-order chi connectivity index (χ1) is 8.63. The van der Waals surface area contributed by atoms with Crippen LogP contribution in [0.3, 0.4) is 0 Å². The largest absolute Gasteiger partial charge is 0.497 e. The second-order valence-corrected chi connectivity index (χ2v) is 4.35. The third-order valence-electron chi connectivity index (χ3n) is 2.28. The van der Waals surface area contributed by atoms with Crippen LogP contribution in [0.4, 0.5) is 0 Å². The second kappa shape index (κ2) is 10.5. The third-order valence-corrected chi connectivity index (χ3v) is 2.28. The molecule has 0 atom stereocenters. The van der Waals surface area contributed by atoms with E-state index in [4.69, 9.17) is 4.74 Å². The fourth-order valence-corrected chi connectivity index (χ4v) is 1.21. The number of hydrogen-bond donors (Lipinski definition) is 0. The van der Waals surface area contributed by atoms with E-state index >= 15 is 0 Å². The molecule has 0 radical (unpaired) electrons. The van der Waals surface area contributed by atoms with Crippen LogP contribution in [0.25, 0.3) is 0 Å². The Hall–Kier alpha value is -1.64. The Bertz CT molecular complexity index is 328. The molecule has 0 bridgehead atoms. The third kappa shape index (κ3) is 8.50. The standard InChI is InChI=1S/C10H12O2.C5H10O/c1-12-10-6-4-9(5-7-10)3-2-8-11;1-5(2)3-4-6/h4-8H,2-3H2,1H3;4-5H,3H2,1-2H3. The van der Waals surface area contributed by atoms with Gasteiger partial charge in [0.25, 0.3) is 0 Å². The van der Waals surface area contributed by atoms with Crippen LogP contribution in [0.5, 0.6) is 5.75 Å². The number of benzene rings is 1. The molecule has 1 aromatic rings. The summed E-state index contributed by atoms with van der Waals surface area (Å²) < 4.78 is 5.00. The highest BCUT2D eigenvalue weighted by Gasteiger charge is 1.92. The number of ether oxygens (including phenoxy) is 1. The average Bonchev–Trinajstić information content (AvgIpc) is 2.37. The van der Waals surface area contributed by atoms with E-state index in [-0.39, 0.29) is 0 Å². The number of aldehydes is 2. The summed E-state index contributed by atoms with van der Waals surface area (Å²) in [6.45, 7) is 4.04. The van der Waals surface area contributed by atoms with Crippen molar-refractivity contribution in [2.75, 3.05) is 7.11 Å². The van der Waals surface area contributed by atoms with Crippen molar-refractivity contribution in [1.29, 1.82) is 0 Å². The van der Waals surface area contributed by atoms with Crippen LogP contribution in [0, 0.1) is 5.92 Å². The van der Waals surface area contributed by atoms with E-state index in [9.17, 15) is 9.59 Å². The Morgan fingerprint density at radius 1 is 1.11 bits per heavy atom. The molecule has 0 heterocycles. The number of hydrogen-bond acceptors (Lipinski definition) is 3. The fraction of sp³-hybridized carbons (Fsp3) is 0.467. The van der Waals surface area contributed by atoms with E-state index in [1.807, 2.05) is 38.1 Å². The molecule has 3 heteroatoms. The summed E-state index contributed by atoms with van der Waals surface area (Å²) in [5.74, 6) is 1.38. The number of carbonyl (C=O) groups excluding carboxylic acids is 2. The summed E-state index contributed by atoms with van der Waals surface area (Å²) >= 11 is 0. The minimum absolute atomic E-state index is 0.530. The predicted octanol–water partition coefficient (Wildman–Crippen LogP) is 3.06. The Balaban J connectivity index is 0.000000411. The summed E-state index contributed by atoms with van der Waals surface area (Å²) in [5, 5.41) is 0. The minimum atomic E-state index is 0.530. The molecule has 0 aliphatic heterocycles. The summed E-state index contributed by atoms with van der Waals surface area (Å²) in [6, 6.07) is 7.75. The first-order valence-corrected chi connectivity index (χ1v) is 6.14. The van der Waals surface area contributed by atoms with Crippen molar-refractivity contribution in [3.8, 4) is 5.75 Å². The Kier molecular flexibility index (Phi) is 9.55. The van der Waals surface area contributed by atoms with Crippen molar-refractivity contribution >= 4 is 12.6 Å². The quantitative estimate of drug-likeness (QED) is 0.729. The van der Waals surface area contributed by atoms with E-state index in [1.165, 1.54) is 5.56 Å². The van der Waals surface area contributed by atoms with E-state index in [0.29, 0.717) is 18.8 Å². The van der Waals surface area contributed by atoms with Crippen LogP contribution in [0.15, 0.2) is 24.3 Å². The number of methoxy groups -OCH3 is 1. The molecule has 0 aliphatic rings. The molecule has 1 aromatic carbocycles. The van der Waals surface area contributed by atoms with Gasteiger partial charge in [-0.15, -0.1) is 0 Å². The Morgan fingerprint density at radius 2 is 1.72 bits per heavy atom. The normalized spacial score (nSPS) is 9.33. The number of carbonyl (C=O) groups is 2. The summed E-state index contributed by atoms with van der Waals surface area (Å²) in [4.78, 5) is 19.7. The van der Waals surface area contributed by atoms with Gasteiger partial charge >= 0.3 is 0 Å². The maximum Gasteiger partial charge on any atom is 0.120 e. The first kappa shape index (κ1) is 16.4. The lowest BCUT2D eigenvalue weighted by molar-refractivity contribution is -0.108. The number of aryl methyl sites for hydroxylation is 1. The van der Waals surface area contributed by atoms with Crippen molar-refractivity contribution in [2.24, 2.45) is 5.92 Å².